The molecule has 0 radical (unpaired) electrons. The number of likely N-dealkylation sites (tertiary alicyclic amines) is 1. The van der Waals surface area contributed by atoms with E-state index in [0.717, 1.165) is 26.0 Å². The van der Waals surface area contributed by atoms with Crippen molar-refractivity contribution in [3.05, 3.63) is 0 Å². The second-order valence-electron chi connectivity index (χ2n) is 10.1. The molecular formula is C21H34NO3+. The molecule has 0 aromatic carbocycles. The number of carbonyl (C=O) groups is 1. The van der Waals surface area contributed by atoms with Crippen LogP contribution in [-0.4, -0.2) is 43.4 Å². The lowest BCUT2D eigenvalue weighted by Crippen LogP contribution is -3.17. The molecule has 8 atom stereocenters. The molecule has 1 unspecified atom stereocenters. The fourth-order valence-electron chi connectivity index (χ4n) is 7.03. The summed E-state index contributed by atoms with van der Waals surface area (Å²) in [6.45, 7) is 7.99. The van der Waals surface area contributed by atoms with E-state index >= 15 is 0 Å². The molecule has 1 N–H and O–H groups in total. The highest BCUT2D eigenvalue weighted by atomic mass is 16.6. The normalized spacial score (nSPS) is 54.7. The van der Waals surface area contributed by atoms with Crippen LogP contribution in [0, 0.1) is 23.2 Å². The monoisotopic (exact) mass is 348 g/mol. The number of hydrogen-bond acceptors (Lipinski definition) is 3. The van der Waals surface area contributed by atoms with Gasteiger partial charge in [0.25, 0.3) is 0 Å². The first-order chi connectivity index (χ1) is 12.0. The first-order valence-electron chi connectivity index (χ1n) is 10.7. The van der Waals surface area contributed by atoms with Crippen LogP contribution < -0.4 is 4.90 Å². The zero-order valence-electron chi connectivity index (χ0n) is 15.9. The lowest BCUT2D eigenvalue weighted by Gasteiger charge is -2.51. The van der Waals surface area contributed by atoms with Gasteiger partial charge >= 0.3 is 5.97 Å². The zero-order valence-corrected chi connectivity index (χ0v) is 15.9. The van der Waals surface area contributed by atoms with Gasteiger partial charge in [-0.25, -0.2) is 0 Å². The number of carbonyl (C=O) groups excluding carboxylic acids is 1. The van der Waals surface area contributed by atoms with E-state index in [4.69, 9.17) is 9.47 Å². The number of epoxide rings is 1. The minimum absolute atomic E-state index is 0.105. The second-order valence-corrected chi connectivity index (χ2v) is 10.1. The molecule has 5 rings (SSSR count). The fraction of sp³-hybridized carbons (Fsp3) is 0.952. The van der Waals surface area contributed by atoms with Crippen molar-refractivity contribution >= 4 is 5.97 Å². The van der Waals surface area contributed by atoms with E-state index in [9.17, 15) is 4.79 Å². The molecule has 3 aliphatic heterocycles. The van der Waals surface area contributed by atoms with Gasteiger partial charge in [-0.3, -0.25) is 4.79 Å². The molecule has 1 spiro atoms. The minimum atomic E-state index is 0.105. The molecule has 4 nitrogen and oxygen atoms in total. The topological polar surface area (TPSA) is 43.3 Å². The maximum absolute atomic E-state index is 12.7. The number of fused-ring (bicyclic) bond motifs is 3. The summed E-state index contributed by atoms with van der Waals surface area (Å²) < 4.78 is 12.0. The van der Waals surface area contributed by atoms with E-state index in [2.05, 4.69) is 13.8 Å². The van der Waals surface area contributed by atoms with Crippen molar-refractivity contribution in [2.45, 2.75) is 83.0 Å². The Morgan fingerprint density at radius 3 is 2.84 bits per heavy atom. The van der Waals surface area contributed by atoms with Gasteiger partial charge in [-0.05, 0) is 69.6 Å². The summed E-state index contributed by atoms with van der Waals surface area (Å²) in [6.07, 6.45) is 10.2. The summed E-state index contributed by atoms with van der Waals surface area (Å²) >= 11 is 0. The summed E-state index contributed by atoms with van der Waals surface area (Å²) in [5.74, 6) is 1.31. The van der Waals surface area contributed by atoms with Gasteiger partial charge in [0.1, 0.15) is 12.0 Å². The molecule has 2 saturated carbocycles. The maximum Gasteiger partial charge on any atom is 0.315 e. The summed E-state index contributed by atoms with van der Waals surface area (Å²) in [5, 5.41) is 0. The van der Waals surface area contributed by atoms with Gasteiger partial charge in [-0.1, -0.05) is 6.92 Å². The zero-order chi connectivity index (χ0) is 17.2. The average Bonchev–Trinajstić information content (AvgIpc) is 3.27. The Hall–Kier alpha value is -0.610. The van der Waals surface area contributed by atoms with E-state index in [1.165, 1.54) is 45.1 Å². The highest BCUT2D eigenvalue weighted by Crippen LogP contribution is 2.62. The number of quaternary nitrogens is 1. The molecule has 0 aromatic heterocycles. The Kier molecular flexibility index (Phi) is 3.77. The Morgan fingerprint density at radius 1 is 1.24 bits per heavy atom. The van der Waals surface area contributed by atoms with Crippen molar-refractivity contribution in [3.63, 3.8) is 0 Å². The van der Waals surface area contributed by atoms with E-state index in [0.29, 0.717) is 23.3 Å². The van der Waals surface area contributed by atoms with Crippen LogP contribution in [0.3, 0.4) is 0 Å². The van der Waals surface area contributed by atoms with Crippen molar-refractivity contribution in [1.29, 1.82) is 0 Å². The standard InChI is InChI=1S/C21H33NO3/c1-14-6-3-4-9-22(14)12-16-15-10-18-20(2,11-17(15)25-19(16)23)7-5-8-21(18)13-24-21/h14-18H,3-13H2,1-2H3/p+1/t14-,15+,16+,17+,18+,20+,21-/m0/s1. The lowest BCUT2D eigenvalue weighted by atomic mass is 9.53. The van der Waals surface area contributed by atoms with E-state index < -0.39 is 0 Å². The third-order valence-electron chi connectivity index (χ3n) is 8.64. The van der Waals surface area contributed by atoms with Crippen LogP contribution in [0.15, 0.2) is 0 Å². The van der Waals surface area contributed by atoms with E-state index in [-0.39, 0.29) is 23.6 Å². The molecule has 0 bridgehead atoms. The van der Waals surface area contributed by atoms with Gasteiger partial charge < -0.3 is 14.4 Å². The average molecular weight is 349 g/mol. The molecule has 3 saturated heterocycles. The van der Waals surface area contributed by atoms with Crippen molar-refractivity contribution in [2.24, 2.45) is 23.2 Å². The Morgan fingerprint density at radius 2 is 2.08 bits per heavy atom. The SMILES string of the molecule is C[C@H]1CCCC[NH+]1C[C@H]1C(=O)O[C@@H]2C[C@@]3(C)CCC[C@]4(CO4)[C@@H]3C[C@@H]21. The highest BCUT2D eigenvalue weighted by Gasteiger charge is 2.65. The third kappa shape index (κ3) is 2.58. The van der Waals surface area contributed by atoms with Gasteiger partial charge in [-0.2, -0.15) is 0 Å². The Balaban J connectivity index is 1.36. The predicted molar refractivity (Wildman–Crippen MR) is 94.2 cm³/mol. The summed E-state index contributed by atoms with van der Waals surface area (Å²) in [7, 11) is 0. The molecule has 140 valence electrons. The van der Waals surface area contributed by atoms with E-state index in [1.54, 1.807) is 4.90 Å². The molecule has 5 fully saturated rings. The molecule has 25 heavy (non-hydrogen) atoms. The van der Waals surface area contributed by atoms with Crippen LogP contribution in [0.5, 0.6) is 0 Å². The minimum Gasteiger partial charge on any atom is -0.462 e. The summed E-state index contributed by atoms with van der Waals surface area (Å²) in [6, 6.07) is 0.697. The smallest absolute Gasteiger partial charge is 0.315 e. The second kappa shape index (κ2) is 5.69. The van der Waals surface area contributed by atoms with Crippen LogP contribution in [0.1, 0.15) is 65.2 Å². The quantitative estimate of drug-likeness (QED) is 0.613. The van der Waals surface area contributed by atoms with Gasteiger partial charge in [0.2, 0.25) is 0 Å². The highest BCUT2D eigenvalue weighted by molar-refractivity contribution is 5.75. The maximum atomic E-state index is 12.7. The first-order valence-corrected chi connectivity index (χ1v) is 10.7. The molecule has 4 heteroatoms. The van der Waals surface area contributed by atoms with E-state index in [1.807, 2.05) is 0 Å². The van der Waals surface area contributed by atoms with Crippen molar-refractivity contribution in [2.75, 3.05) is 19.7 Å². The number of hydrogen-bond donors (Lipinski definition) is 1. The lowest BCUT2D eigenvalue weighted by molar-refractivity contribution is -0.931. The number of ether oxygens (including phenoxy) is 2. The van der Waals surface area contributed by atoms with Gasteiger partial charge in [0.15, 0.2) is 0 Å². The number of piperidine rings is 1. The fourth-order valence-corrected chi connectivity index (χ4v) is 7.03. The van der Waals surface area contributed by atoms with Gasteiger partial charge in [0.05, 0.1) is 31.3 Å². The van der Waals surface area contributed by atoms with Crippen LogP contribution in [0.4, 0.5) is 0 Å². The largest absolute Gasteiger partial charge is 0.462 e. The molecule has 0 amide bonds. The van der Waals surface area contributed by atoms with Crippen LogP contribution >= 0.6 is 0 Å². The third-order valence-corrected chi connectivity index (χ3v) is 8.64. The van der Waals surface area contributed by atoms with Gasteiger partial charge in [-0.15, -0.1) is 0 Å². The first kappa shape index (κ1) is 16.6. The molecule has 3 heterocycles. The summed E-state index contributed by atoms with van der Waals surface area (Å²) in [4.78, 5) is 14.4. The van der Waals surface area contributed by atoms with Crippen molar-refractivity contribution < 1.29 is 19.2 Å². The number of esters is 1. The predicted octanol–water partition coefficient (Wildman–Crippen LogP) is 1.97. The molecule has 5 aliphatic rings. The van der Waals surface area contributed by atoms with Crippen molar-refractivity contribution in [1.82, 2.24) is 0 Å². The van der Waals surface area contributed by atoms with Crippen molar-refractivity contribution in [3.8, 4) is 0 Å². The Bertz CT molecular complexity index is 559. The Labute approximate surface area is 151 Å². The molecule has 2 aliphatic carbocycles. The number of nitrogens with one attached hydrogen (secondary N) is 1. The summed E-state index contributed by atoms with van der Waals surface area (Å²) in [5.41, 5.74) is 0.482. The van der Waals surface area contributed by atoms with Gasteiger partial charge in [0, 0.05) is 5.92 Å². The van der Waals surface area contributed by atoms with Crippen LogP contribution in [-0.2, 0) is 14.3 Å². The van der Waals surface area contributed by atoms with Crippen LogP contribution in [0.25, 0.3) is 0 Å². The molecular weight excluding hydrogens is 314 g/mol. The molecule has 0 aromatic rings. The van der Waals surface area contributed by atoms with Crippen LogP contribution in [0.2, 0.25) is 0 Å². The number of rotatable bonds is 2.